The molecule has 5 aromatic carbocycles. The number of benzene rings is 5. The maximum absolute atomic E-state index is 15.0. The van der Waals surface area contributed by atoms with Gasteiger partial charge in [-0.15, -0.1) is 0 Å². The van der Waals surface area contributed by atoms with Crippen LogP contribution < -0.4 is 48.4 Å². The Balaban J connectivity index is 1.28. The summed E-state index contributed by atoms with van der Waals surface area (Å²) >= 11 is 7.12. The van der Waals surface area contributed by atoms with Crippen LogP contribution in [0.2, 0.25) is 0 Å². The third kappa shape index (κ3) is 19.4. The summed E-state index contributed by atoms with van der Waals surface area (Å²) in [7, 11) is 0. The highest BCUT2D eigenvalue weighted by atomic mass is 32.2. The van der Waals surface area contributed by atoms with E-state index in [0.29, 0.717) is 101 Å². The average molecular weight is 1100 g/mol. The van der Waals surface area contributed by atoms with Crippen molar-refractivity contribution >= 4 is 40.1 Å². The van der Waals surface area contributed by atoms with Crippen LogP contribution in [0, 0.1) is 0 Å². The molecule has 78 heavy (non-hydrogen) atoms. The summed E-state index contributed by atoms with van der Waals surface area (Å²) in [4.78, 5) is 35.5. The zero-order chi connectivity index (χ0) is 55.3. The van der Waals surface area contributed by atoms with E-state index >= 15 is 4.79 Å². The molecular weight excluding hydrogens is 1020 g/mol. The van der Waals surface area contributed by atoms with E-state index < -0.39 is 24.1 Å². The molecule has 1 heterocycles. The predicted octanol–water partition coefficient (Wildman–Crippen LogP) is 5.35. The SMILES string of the molecule is C=C(OCc1ccccc1)/C(OCc1ccccc1)=C(\NCCN(CCN)CCN)C(=O)NC(CCCNC(=O)c1ccc(C(O)N2CCSC2=S)c(OCc2ccccc2)c1OCc1ccccc1)CN(CCN)CCN. The van der Waals surface area contributed by atoms with E-state index in [1.165, 1.54) is 11.8 Å². The molecular formula is C59H78N10O7S2. The van der Waals surface area contributed by atoms with E-state index in [9.17, 15) is 9.90 Å². The number of nitrogens with zero attached hydrogens (tertiary/aromatic N) is 3. The lowest BCUT2D eigenvalue weighted by molar-refractivity contribution is -0.119. The number of aliphatic hydroxyl groups is 1. The number of carbonyl (C=O) groups excluding carboxylic acids is 2. The third-order valence-electron chi connectivity index (χ3n) is 12.7. The first kappa shape index (κ1) is 60.7. The number of rotatable bonds is 36. The van der Waals surface area contributed by atoms with Crippen molar-refractivity contribution in [2.45, 2.75) is 51.5 Å². The van der Waals surface area contributed by atoms with Gasteiger partial charge in [-0.2, -0.15) is 0 Å². The first-order valence-corrected chi connectivity index (χ1v) is 28.0. The van der Waals surface area contributed by atoms with E-state index in [1.54, 1.807) is 17.0 Å². The van der Waals surface area contributed by atoms with E-state index in [2.05, 4.69) is 32.3 Å². The van der Waals surface area contributed by atoms with Crippen LogP contribution in [0.1, 0.15) is 57.2 Å². The summed E-state index contributed by atoms with van der Waals surface area (Å²) in [5.74, 6) is 0.627. The number of thioether (sulfide) groups is 1. The number of carbonyl (C=O) groups is 2. The van der Waals surface area contributed by atoms with Gasteiger partial charge in [0.05, 0.1) is 5.56 Å². The van der Waals surface area contributed by atoms with E-state index in [0.717, 1.165) is 28.0 Å². The second-order valence-electron chi connectivity index (χ2n) is 18.6. The molecule has 0 bridgehead atoms. The van der Waals surface area contributed by atoms with Gasteiger partial charge in [0.25, 0.3) is 11.8 Å². The van der Waals surface area contributed by atoms with Crippen molar-refractivity contribution in [2.75, 3.05) is 90.8 Å². The normalized spacial score (nSPS) is 13.4. The molecule has 6 rings (SSSR count). The minimum absolute atomic E-state index is 0.125. The van der Waals surface area contributed by atoms with E-state index in [-0.39, 0.29) is 67.3 Å². The third-order valence-corrected chi connectivity index (χ3v) is 14.2. The zero-order valence-corrected chi connectivity index (χ0v) is 46.2. The molecule has 1 aliphatic heterocycles. The molecule has 2 unspecified atom stereocenters. The Kier molecular flexibility index (Phi) is 26.2. The Morgan fingerprint density at radius 1 is 0.654 bits per heavy atom. The molecule has 17 nitrogen and oxygen atoms in total. The topological polar surface area (TPSA) is 241 Å². The first-order valence-electron chi connectivity index (χ1n) is 26.6. The Morgan fingerprint density at radius 3 is 1.69 bits per heavy atom. The van der Waals surface area contributed by atoms with Gasteiger partial charge in [-0.05, 0) is 47.2 Å². The van der Waals surface area contributed by atoms with Gasteiger partial charge in [0, 0.05) is 102 Å². The van der Waals surface area contributed by atoms with Crippen molar-refractivity contribution in [3.05, 3.63) is 191 Å². The van der Waals surface area contributed by atoms with Crippen molar-refractivity contribution in [1.82, 2.24) is 30.7 Å². The highest BCUT2D eigenvalue weighted by Gasteiger charge is 2.32. The summed E-state index contributed by atoms with van der Waals surface area (Å²) in [5, 5.41) is 21.7. The first-order chi connectivity index (χ1) is 38.1. The molecule has 0 aliphatic carbocycles. The van der Waals surface area contributed by atoms with Gasteiger partial charge in [-0.1, -0.05) is 152 Å². The fourth-order valence-electron chi connectivity index (χ4n) is 8.73. The van der Waals surface area contributed by atoms with Gasteiger partial charge >= 0.3 is 0 Å². The lowest BCUT2D eigenvalue weighted by Crippen LogP contribution is -2.48. The average Bonchev–Trinajstić information content (AvgIpc) is 3.96. The highest BCUT2D eigenvalue weighted by Crippen LogP contribution is 2.42. The van der Waals surface area contributed by atoms with E-state index in [1.807, 2.05) is 121 Å². The van der Waals surface area contributed by atoms with Crippen molar-refractivity contribution < 1.29 is 33.6 Å². The van der Waals surface area contributed by atoms with Gasteiger partial charge in [0.2, 0.25) is 0 Å². The molecule has 2 amide bonds. The number of aliphatic hydroxyl groups excluding tert-OH is 1. The Hall–Kier alpha value is -6.52. The molecule has 418 valence electrons. The van der Waals surface area contributed by atoms with Crippen LogP contribution in [0.3, 0.4) is 0 Å². The molecule has 5 aromatic rings. The summed E-state index contributed by atoms with van der Waals surface area (Å²) < 4.78 is 26.5. The number of thiocarbonyl (C=S) groups is 1. The predicted molar refractivity (Wildman–Crippen MR) is 314 cm³/mol. The lowest BCUT2D eigenvalue weighted by atomic mass is 10.0. The second kappa shape index (κ2) is 33.7. The minimum atomic E-state index is -1.15. The Morgan fingerprint density at radius 2 is 1.17 bits per heavy atom. The quantitative estimate of drug-likeness (QED) is 0.00829. The monoisotopic (exact) mass is 1100 g/mol. The molecule has 1 fully saturated rings. The summed E-state index contributed by atoms with van der Waals surface area (Å²) in [6, 6.07) is 41.5. The second-order valence-corrected chi connectivity index (χ2v) is 20.3. The molecule has 0 aromatic heterocycles. The number of ether oxygens (including phenoxy) is 4. The van der Waals surface area contributed by atoms with Crippen LogP contribution in [0.25, 0.3) is 0 Å². The molecule has 19 heteroatoms. The number of nitrogens with two attached hydrogens (primary N) is 4. The van der Waals surface area contributed by atoms with Gasteiger partial charge in [-0.3, -0.25) is 19.4 Å². The zero-order valence-electron chi connectivity index (χ0n) is 44.6. The molecule has 1 saturated heterocycles. The van der Waals surface area contributed by atoms with Crippen molar-refractivity contribution in [3.8, 4) is 11.5 Å². The molecule has 0 spiro atoms. The summed E-state index contributed by atoms with van der Waals surface area (Å²) in [6.45, 7) is 10.9. The molecule has 1 aliphatic rings. The minimum Gasteiger partial charge on any atom is -0.486 e. The van der Waals surface area contributed by atoms with E-state index in [4.69, 9.17) is 54.1 Å². The highest BCUT2D eigenvalue weighted by molar-refractivity contribution is 8.23. The van der Waals surface area contributed by atoms with Gasteiger partial charge in [0.15, 0.2) is 29.2 Å². The molecule has 2 atom stereocenters. The number of amides is 2. The standard InChI is InChI=1S/C59H78N10O7S2/c1-44(73-40-45-15-6-2-7-16-45)53(74-41-46-17-8-3-9-18-46)52(64-31-36-67(32-26-60)33-27-61)57(71)66-49(39-68(34-28-62)35-29-63)23-14-30-65-56(70)50-24-25-51(58(72)69-37-38-78-59(69)77)55(76-43-48-21-12-5-13-22-48)54(50)75-42-47-19-10-4-11-20-47/h2-13,15-22,24-25,49,58,64,72H,1,14,23,26-43,60-63H2,(H,65,70)(H,66,71)/b53-52+. The molecule has 0 saturated carbocycles. The maximum Gasteiger partial charge on any atom is 0.271 e. The maximum atomic E-state index is 15.0. The molecule has 0 radical (unpaired) electrons. The van der Waals surface area contributed by atoms with Crippen molar-refractivity contribution in [3.63, 3.8) is 0 Å². The summed E-state index contributed by atoms with van der Waals surface area (Å²) in [5.41, 5.74) is 28.4. The van der Waals surface area contributed by atoms with Crippen LogP contribution in [-0.4, -0.2) is 133 Å². The smallest absolute Gasteiger partial charge is 0.271 e. The van der Waals surface area contributed by atoms with Crippen LogP contribution in [0.5, 0.6) is 11.5 Å². The van der Waals surface area contributed by atoms with Gasteiger partial charge < -0.3 is 67.8 Å². The largest absolute Gasteiger partial charge is 0.486 e. The molecule has 12 N–H and O–H groups in total. The van der Waals surface area contributed by atoms with Gasteiger partial charge in [0.1, 0.15) is 36.4 Å². The van der Waals surface area contributed by atoms with Crippen LogP contribution in [0.15, 0.2) is 157 Å². The number of hydrogen-bond acceptors (Lipinski definition) is 16. The fourth-order valence-corrected chi connectivity index (χ4v) is 9.99. The van der Waals surface area contributed by atoms with Crippen LogP contribution in [-0.2, 0) is 40.7 Å². The fraction of sp³-hybridized carbons (Fsp3) is 0.373. The lowest BCUT2D eigenvalue weighted by Gasteiger charge is -2.29. The Bertz CT molecular complexity index is 2630. The van der Waals surface area contributed by atoms with Crippen LogP contribution >= 0.6 is 24.0 Å². The van der Waals surface area contributed by atoms with Crippen LogP contribution in [0.4, 0.5) is 0 Å². The van der Waals surface area contributed by atoms with Crippen molar-refractivity contribution in [2.24, 2.45) is 22.9 Å². The van der Waals surface area contributed by atoms with Gasteiger partial charge in [-0.25, -0.2) is 0 Å². The number of hydrogen-bond donors (Lipinski definition) is 8. The Labute approximate surface area is 469 Å². The summed E-state index contributed by atoms with van der Waals surface area (Å²) in [6.07, 6.45) is -0.254. The van der Waals surface area contributed by atoms with Crippen molar-refractivity contribution in [1.29, 1.82) is 0 Å². The number of nitrogens with one attached hydrogen (secondary N) is 3.